The van der Waals surface area contributed by atoms with Crippen molar-refractivity contribution in [2.75, 3.05) is 38.1 Å². The second-order valence-electron chi connectivity index (χ2n) is 5.18. The van der Waals surface area contributed by atoms with Crippen LogP contribution in [0.15, 0.2) is 6.20 Å². The van der Waals surface area contributed by atoms with Gasteiger partial charge in [-0.05, 0) is 12.8 Å². The van der Waals surface area contributed by atoms with E-state index in [4.69, 9.17) is 0 Å². The molecule has 0 bridgehead atoms. The number of carbonyl (C=O) groups is 1. The summed E-state index contributed by atoms with van der Waals surface area (Å²) < 4.78 is 0. The number of thiazole rings is 1. The highest BCUT2D eigenvalue weighted by Gasteiger charge is 2.25. The molecule has 0 spiro atoms. The number of aliphatic hydroxyl groups is 1. The number of aryl methyl sites for hydroxylation is 1. The fraction of sp³-hybridized carbons (Fsp3) is 0.714. The van der Waals surface area contributed by atoms with Crippen LogP contribution in [0.1, 0.15) is 25.1 Å². The lowest BCUT2D eigenvalue weighted by molar-refractivity contribution is 0.0766. The number of carbonyl (C=O) groups excluding carboxylic acids is 1. The quantitative estimate of drug-likeness (QED) is 0.867. The predicted molar refractivity (Wildman–Crippen MR) is 84.8 cm³/mol. The lowest BCUT2D eigenvalue weighted by atomic mass is 10.2. The zero-order chi connectivity index (χ0) is 15.2. The van der Waals surface area contributed by atoms with Gasteiger partial charge in [-0.25, -0.2) is 9.78 Å². The van der Waals surface area contributed by atoms with Crippen molar-refractivity contribution >= 4 is 22.5 Å². The first-order chi connectivity index (χ1) is 10.2. The number of anilines is 1. The van der Waals surface area contributed by atoms with Crippen molar-refractivity contribution in [1.29, 1.82) is 0 Å². The van der Waals surface area contributed by atoms with Crippen molar-refractivity contribution in [3.8, 4) is 0 Å². The van der Waals surface area contributed by atoms with E-state index >= 15 is 0 Å². The minimum Gasteiger partial charge on any atom is -0.395 e. The Kier molecular flexibility index (Phi) is 5.96. The van der Waals surface area contributed by atoms with Crippen molar-refractivity contribution in [2.24, 2.45) is 0 Å². The monoisotopic (exact) mass is 312 g/mol. The summed E-state index contributed by atoms with van der Waals surface area (Å²) in [5.74, 6) is 0. The fourth-order valence-corrected chi connectivity index (χ4v) is 3.23. The summed E-state index contributed by atoms with van der Waals surface area (Å²) in [6.07, 6.45) is 3.68. The molecule has 0 aromatic carbocycles. The van der Waals surface area contributed by atoms with Crippen LogP contribution in [0.2, 0.25) is 0 Å². The molecule has 1 saturated heterocycles. The normalized spacial score (nSPS) is 17.8. The molecule has 0 aliphatic carbocycles. The number of rotatable bonds is 5. The molecule has 2 rings (SSSR count). The molecule has 2 N–H and O–H groups in total. The Hall–Kier alpha value is -1.18. The maximum Gasteiger partial charge on any atom is 0.323 e. The van der Waals surface area contributed by atoms with Crippen molar-refractivity contribution in [2.45, 2.75) is 32.7 Å². The van der Waals surface area contributed by atoms with Gasteiger partial charge in [-0.3, -0.25) is 10.2 Å². The van der Waals surface area contributed by atoms with Crippen LogP contribution in [0.3, 0.4) is 0 Å². The molecule has 6 nitrogen and oxygen atoms in total. The second kappa shape index (κ2) is 7.72. The van der Waals surface area contributed by atoms with Gasteiger partial charge >= 0.3 is 6.03 Å². The molecular formula is C14H24N4O2S. The third kappa shape index (κ3) is 4.15. The van der Waals surface area contributed by atoms with Gasteiger partial charge in [-0.15, -0.1) is 11.3 Å². The number of urea groups is 1. The van der Waals surface area contributed by atoms with Crippen molar-refractivity contribution in [1.82, 2.24) is 14.8 Å². The number of amides is 2. The Morgan fingerprint density at radius 2 is 2.14 bits per heavy atom. The van der Waals surface area contributed by atoms with Gasteiger partial charge in [0.2, 0.25) is 0 Å². The number of hydrogen-bond acceptors (Lipinski definition) is 5. The van der Waals surface area contributed by atoms with E-state index in [1.54, 1.807) is 0 Å². The number of aromatic nitrogens is 1. The summed E-state index contributed by atoms with van der Waals surface area (Å²) in [5, 5.41) is 12.9. The smallest absolute Gasteiger partial charge is 0.323 e. The molecule has 1 aromatic heterocycles. The summed E-state index contributed by atoms with van der Waals surface area (Å²) >= 11 is 1.52. The summed E-state index contributed by atoms with van der Waals surface area (Å²) in [6, 6.07) is 0.130. The van der Waals surface area contributed by atoms with Gasteiger partial charge in [0, 0.05) is 43.3 Å². The molecule has 1 aliphatic rings. The first-order valence-electron chi connectivity index (χ1n) is 7.53. The van der Waals surface area contributed by atoms with E-state index in [1.807, 2.05) is 11.1 Å². The van der Waals surface area contributed by atoms with Crippen molar-refractivity contribution < 1.29 is 9.90 Å². The van der Waals surface area contributed by atoms with Crippen LogP contribution < -0.4 is 5.32 Å². The average molecular weight is 312 g/mol. The van der Waals surface area contributed by atoms with E-state index in [0.717, 1.165) is 25.9 Å². The van der Waals surface area contributed by atoms with Crippen LogP contribution in [-0.4, -0.2) is 64.7 Å². The summed E-state index contributed by atoms with van der Waals surface area (Å²) in [6.45, 7) is 7.33. The standard InChI is InChI=1S/C14H24N4O2S/c1-3-11(10-19)17-5-7-18(8-6-17)14(20)16-13-15-9-12(4-2)21-13/h9,11,19H,3-8,10H2,1-2H3,(H,15,16,20). The third-order valence-electron chi connectivity index (χ3n) is 3.92. The van der Waals surface area contributed by atoms with E-state index in [-0.39, 0.29) is 18.7 Å². The minimum absolute atomic E-state index is 0.0799. The maximum atomic E-state index is 12.2. The lowest BCUT2D eigenvalue weighted by Crippen LogP contribution is -2.53. The van der Waals surface area contributed by atoms with Crippen LogP contribution in [0, 0.1) is 0 Å². The molecule has 0 saturated carbocycles. The number of hydrogen-bond donors (Lipinski definition) is 2. The molecule has 1 fully saturated rings. The topological polar surface area (TPSA) is 68.7 Å². The van der Waals surface area contributed by atoms with Crippen LogP contribution in [0.25, 0.3) is 0 Å². The van der Waals surface area contributed by atoms with Gasteiger partial charge in [0.25, 0.3) is 0 Å². The molecular weight excluding hydrogens is 288 g/mol. The summed E-state index contributed by atoms with van der Waals surface area (Å²) in [7, 11) is 0. The third-order valence-corrected chi connectivity index (χ3v) is 4.97. The Labute approximate surface area is 129 Å². The molecule has 2 amide bonds. The van der Waals surface area contributed by atoms with Crippen molar-refractivity contribution in [3.05, 3.63) is 11.1 Å². The highest BCUT2D eigenvalue weighted by atomic mass is 32.1. The van der Waals surface area contributed by atoms with Crippen molar-refractivity contribution in [3.63, 3.8) is 0 Å². The Balaban J connectivity index is 1.82. The minimum atomic E-state index is -0.0799. The molecule has 1 unspecified atom stereocenters. The van der Waals surface area contributed by atoms with Gasteiger partial charge in [0.05, 0.1) is 6.61 Å². The largest absolute Gasteiger partial charge is 0.395 e. The molecule has 1 aromatic rings. The van der Waals surface area contributed by atoms with E-state index in [2.05, 4.69) is 29.0 Å². The number of nitrogens with zero attached hydrogens (tertiary/aromatic N) is 3. The molecule has 21 heavy (non-hydrogen) atoms. The number of aliphatic hydroxyl groups excluding tert-OH is 1. The van der Waals surface area contributed by atoms with Crippen LogP contribution >= 0.6 is 11.3 Å². The number of nitrogens with one attached hydrogen (secondary N) is 1. The fourth-order valence-electron chi connectivity index (χ4n) is 2.49. The van der Waals surface area contributed by atoms with E-state index in [0.29, 0.717) is 18.2 Å². The Bertz CT molecular complexity index is 454. The summed E-state index contributed by atoms with van der Waals surface area (Å²) in [4.78, 5) is 21.6. The molecule has 0 radical (unpaired) electrons. The zero-order valence-corrected chi connectivity index (χ0v) is 13.5. The Morgan fingerprint density at radius 1 is 1.43 bits per heavy atom. The zero-order valence-electron chi connectivity index (χ0n) is 12.7. The van der Waals surface area contributed by atoms with Gasteiger partial charge in [0.1, 0.15) is 0 Å². The maximum absolute atomic E-state index is 12.2. The average Bonchev–Trinajstić information content (AvgIpc) is 2.97. The first kappa shape index (κ1) is 16.2. The lowest BCUT2D eigenvalue weighted by Gasteiger charge is -2.38. The molecule has 1 atom stereocenters. The van der Waals surface area contributed by atoms with Crippen LogP contribution in [0.4, 0.5) is 9.93 Å². The number of piperazine rings is 1. The molecule has 118 valence electrons. The molecule has 7 heteroatoms. The highest BCUT2D eigenvalue weighted by molar-refractivity contribution is 7.15. The SMILES string of the molecule is CCc1cnc(NC(=O)N2CCN(C(CC)CO)CC2)s1. The second-order valence-corrected chi connectivity index (χ2v) is 6.30. The molecule has 2 heterocycles. The predicted octanol–water partition coefficient (Wildman–Crippen LogP) is 1.63. The Morgan fingerprint density at radius 3 is 2.67 bits per heavy atom. The van der Waals surface area contributed by atoms with Crippen LogP contribution in [0.5, 0.6) is 0 Å². The van der Waals surface area contributed by atoms with Gasteiger partial charge in [-0.1, -0.05) is 13.8 Å². The van der Waals surface area contributed by atoms with Gasteiger partial charge < -0.3 is 10.0 Å². The van der Waals surface area contributed by atoms with Gasteiger partial charge in [-0.2, -0.15) is 0 Å². The highest BCUT2D eigenvalue weighted by Crippen LogP contribution is 2.19. The van der Waals surface area contributed by atoms with Crippen LogP contribution in [-0.2, 0) is 6.42 Å². The van der Waals surface area contributed by atoms with E-state index < -0.39 is 0 Å². The van der Waals surface area contributed by atoms with Gasteiger partial charge in [0.15, 0.2) is 5.13 Å². The van der Waals surface area contributed by atoms with E-state index in [1.165, 1.54) is 16.2 Å². The molecule has 1 aliphatic heterocycles. The first-order valence-corrected chi connectivity index (χ1v) is 8.35. The van der Waals surface area contributed by atoms with E-state index in [9.17, 15) is 9.90 Å². The summed E-state index contributed by atoms with van der Waals surface area (Å²) in [5.41, 5.74) is 0.